The highest BCUT2D eigenvalue weighted by Gasteiger charge is 2.20. The molecule has 0 aromatic heterocycles. The van der Waals surface area contributed by atoms with Crippen LogP contribution in [0.15, 0.2) is 23.2 Å². The maximum Gasteiger partial charge on any atom is 0.177 e. The molecular formula is C17H22N2O3. The molecule has 0 atom stereocenters. The number of nitrogens with zero attached hydrogens (tertiary/aromatic N) is 2. The van der Waals surface area contributed by atoms with Crippen molar-refractivity contribution in [3.05, 3.63) is 23.8 Å². The summed E-state index contributed by atoms with van der Waals surface area (Å²) in [5.41, 5.74) is 0.667. The summed E-state index contributed by atoms with van der Waals surface area (Å²) in [5.74, 6) is 1.45. The zero-order chi connectivity index (χ0) is 15.4. The predicted octanol–water partition coefficient (Wildman–Crippen LogP) is 2.54. The molecule has 1 fully saturated rings. The minimum atomic E-state index is 0.0874. The van der Waals surface area contributed by atoms with Gasteiger partial charge in [-0.3, -0.25) is 14.7 Å². The Morgan fingerprint density at radius 1 is 1.32 bits per heavy atom. The highest BCUT2D eigenvalue weighted by Crippen LogP contribution is 2.32. The van der Waals surface area contributed by atoms with Crippen LogP contribution in [-0.2, 0) is 0 Å². The Kier molecular flexibility index (Phi) is 4.73. The lowest BCUT2D eigenvalue weighted by atomic mass is 10.1. The van der Waals surface area contributed by atoms with Crippen LogP contribution in [0.25, 0.3) is 0 Å². The molecule has 0 radical (unpaired) electrons. The first-order valence-corrected chi connectivity index (χ1v) is 7.85. The molecule has 1 saturated carbocycles. The molecule has 22 heavy (non-hydrogen) atoms. The second-order valence-electron chi connectivity index (χ2n) is 5.83. The van der Waals surface area contributed by atoms with E-state index in [1.54, 1.807) is 13.2 Å². The molecular weight excluding hydrogens is 280 g/mol. The van der Waals surface area contributed by atoms with Gasteiger partial charge in [0.15, 0.2) is 17.3 Å². The fraction of sp³-hybridized carbons (Fsp3) is 0.529. The summed E-state index contributed by atoms with van der Waals surface area (Å²) >= 11 is 0. The molecule has 0 unspecified atom stereocenters. The number of aliphatic imine (C=N–C) groups is 1. The van der Waals surface area contributed by atoms with Gasteiger partial charge in [0.1, 0.15) is 0 Å². The molecule has 2 aliphatic rings. The van der Waals surface area contributed by atoms with Gasteiger partial charge in [-0.05, 0) is 43.9 Å². The fourth-order valence-corrected chi connectivity index (χ4v) is 2.94. The number of ether oxygens (including phenoxy) is 2. The number of carbonyl (C=O) groups is 1. The van der Waals surface area contributed by atoms with Gasteiger partial charge in [0.2, 0.25) is 0 Å². The van der Waals surface area contributed by atoms with Crippen LogP contribution in [0.3, 0.4) is 0 Å². The molecule has 0 amide bonds. The number of carbonyl (C=O) groups excluding carboxylic acids is 1. The van der Waals surface area contributed by atoms with E-state index in [4.69, 9.17) is 9.47 Å². The molecule has 3 rings (SSSR count). The minimum absolute atomic E-state index is 0.0874. The van der Waals surface area contributed by atoms with Gasteiger partial charge in [0, 0.05) is 18.3 Å². The SMILES string of the molecule is COc1ccc(C(=O)CN2CC=NC2)cc1OC1CCCC1. The van der Waals surface area contributed by atoms with E-state index in [9.17, 15) is 4.79 Å². The topological polar surface area (TPSA) is 51.1 Å². The summed E-state index contributed by atoms with van der Waals surface area (Å²) in [5, 5.41) is 0. The van der Waals surface area contributed by atoms with Crippen molar-refractivity contribution in [2.75, 3.05) is 26.9 Å². The third-order valence-corrected chi connectivity index (χ3v) is 4.20. The van der Waals surface area contributed by atoms with Gasteiger partial charge >= 0.3 is 0 Å². The smallest absolute Gasteiger partial charge is 0.177 e. The summed E-state index contributed by atoms with van der Waals surface area (Å²) < 4.78 is 11.4. The highest BCUT2D eigenvalue weighted by atomic mass is 16.5. The Bertz CT molecular complexity index is 557. The van der Waals surface area contributed by atoms with E-state index >= 15 is 0 Å². The van der Waals surface area contributed by atoms with Crippen molar-refractivity contribution in [1.29, 1.82) is 0 Å². The first kappa shape index (κ1) is 15.0. The molecule has 1 heterocycles. The van der Waals surface area contributed by atoms with Crippen molar-refractivity contribution >= 4 is 12.0 Å². The average molecular weight is 302 g/mol. The van der Waals surface area contributed by atoms with E-state index < -0.39 is 0 Å². The molecule has 0 saturated heterocycles. The molecule has 0 bridgehead atoms. The van der Waals surface area contributed by atoms with Crippen molar-refractivity contribution in [3.63, 3.8) is 0 Å². The van der Waals surface area contributed by atoms with Crippen LogP contribution < -0.4 is 9.47 Å². The van der Waals surface area contributed by atoms with E-state index in [1.165, 1.54) is 12.8 Å². The van der Waals surface area contributed by atoms with Crippen LogP contribution in [0.4, 0.5) is 0 Å². The van der Waals surface area contributed by atoms with Gasteiger partial charge in [-0.15, -0.1) is 0 Å². The van der Waals surface area contributed by atoms with E-state index in [1.807, 2.05) is 23.2 Å². The Labute approximate surface area is 130 Å². The summed E-state index contributed by atoms with van der Waals surface area (Å²) in [7, 11) is 1.62. The lowest BCUT2D eigenvalue weighted by Gasteiger charge is -2.17. The zero-order valence-corrected chi connectivity index (χ0v) is 13.0. The quantitative estimate of drug-likeness (QED) is 0.758. The normalized spacial score (nSPS) is 18.8. The number of rotatable bonds is 6. The van der Waals surface area contributed by atoms with Crippen LogP contribution in [0.2, 0.25) is 0 Å². The number of hydrogen-bond donors (Lipinski definition) is 0. The van der Waals surface area contributed by atoms with Crippen LogP contribution in [-0.4, -0.2) is 49.9 Å². The molecule has 0 N–H and O–H groups in total. The maximum atomic E-state index is 12.4. The standard InChI is InChI=1S/C17H22N2O3/c1-21-16-7-6-13(15(20)11-19-9-8-18-12-19)10-17(16)22-14-4-2-3-5-14/h6-8,10,14H,2-5,9,11-12H2,1H3. The van der Waals surface area contributed by atoms with Gasteiger partial charge in [-0.1, -0.05) is 0 Å². The van der Waals surface area contributed by atoms with Crippen LogP contribution in [0.5, 0.6) is 11.5 Å². The second-order valence-corrected chi connectivity index (χ2v) is 5.83. The average Bonchev–Trinajstić information content (AvgIpc) is 3.21. The second kappa shape index (κ2) is 6.92. The highest BCUT2D eigenvalue weighted by molar-refractivity contribution is 5.98. The Hall–Kier alpha value is -1.88. The van der Waals surface area contributed by atoms with Crippen molar-refractivity contribution in [2.45, 2.75) is 31.8 Å². The molecule has 0 spiro atoms. The number of hydrogen-bond acceptors (Lipinski definition) is 5. The largest absolute Gasteiger partial charge is 0.493 e. The van der Waals surface area contributed by atoms with Gasteiger partial charge < -0.3 is 9.47 Å². The lowest BCUT2D eigenvalue weighted by Crippen LogP contribution is -2.28. The Morgan fingerprint density at radius 2 is 2.14 bits per heavy atom. The van der Waals surface area contributed by atoms with Gasteiger partial charge in [-0.25, -0.2) is 0 Å². The summed E-state index contributed by atoms with van der Waals surface area (Å²) in [6.45, 7) is 1.73. The van der Waals surface area contributed by atoms with Gasteiger partial charge in [0.25, 0.3) is 0 Å². The number of benzene rings is 1. The fourth-order valence-electron chi connectivity index (χ4n) is 2.94. The predicted molar refractivity (Wildman–Crippen MR) is 85.1 cm³/mol. The zero-order valence-electron chi connectivity index (χ0n) is 13.0. The molecule has 5 heteroatoms. The Balaban J connectivity index is 1.72. The van der Waals surface area contributed by atoms with Crippen molar-refractivity contribution in [2.24, 2.45) is 4.99 Å². The molecule has 118 valence electrons. The van der Waals surface area contributed by atoms with Crippen molar-refractivity contribution < 1.29 is 14.3 Å². The summed E-state index contributed by atoms with van der Waals surface area (Å²) in [6, 6.07) is 5.44. The molecule has 5 nitrogen and oxygen atoms in total. The summed E-state index contributed by atoms with van der Waals surface area (Å²) in [6.07, 6.45) is 6.65. The van der Waals surface area contributed by atoms with E-state index in [2.05, 4.69) is 4.99 Å². The number of methoxy groups -OCH3 is 1. The Morgan fingerprint density at radius 3 is 2.82 bits per heavy atom. The third kappa shape index (κ3) is 3.47. The summed E-state index contributed by atoms with van der Waals surface area (Å²) in [4.78, 5) is 18.5. The van der Waals surface area contributed by atoms with Crippen molar-refractivity contribution in [1.82, 2.24) is 4.90 Å². The first-order chi connectivity index (χ1) is 10.8. The number of Topliss-reactive ketones (excluding diaryl/α,β-unsaturated/α-hetero) is 1. The molecule has 1 aromatic rings. The van der Waals surface area contributed by atoms with Crippen LogP contribution >= 0.6 is 0 Å². The van der Waals surface area contributed by atoms with E-state index in [0.29, 0.717) is 30.3 Å². The maximum absolute atomic E-state index is 12.4. The third-order valence-electron chi connectivity index (χ3n) is 4.20. The van der Waals surface area contributed by atoms with E-state index in [0.717, 1.165) is 19.4 Å². The minimum Gasteiger partial charge on any atom is -0.493 e. The van der Waals surface area contributed by atoms with Gasteiger partial charge in [0.05, 0.1) is 26.4 Å². The van der Waals surface area contributed by atoms with E-state index in [-0.39, 0.29) is 11.9 Å². The molecule has 1 aromatic carbocycles. The van der Waals surface area contributed by atoms with Crippen molar-refractivity contribution in [3.8, 4) is 11.5 Å². The molecule has 1 aliphatic carbocycles. The monoisotopic (exact) mass is 302 g/mol. The first-order valence-electron chi connectivity index (χ1n) is 7.85. The van der Waals surface area contributed by atoms with Gasteiger partial charge in [-0.2, -0.15) is 0 Å². The lowest BCUT2D eigenvalue weighted by molar-refractivity contribution is 0.0945. The molecule has 1 aliphatic heterocycles. The number of ketones is 1. The van der Waals surface area contributed by atoms with Crippen LogP contribution in [0.1, 0.15) is 36.0 Å². The van der Waals surface area contributed by atoms with Crippen LogP contribution in [0, 0.1) is 0 Å².